The molecule has 1 aromatic heterocycles. The SMILES string of the molecule is CC1C(=O)Nc2ccc(-c3csc(CC(F)(F)F)n3)cc21. The van der Waals surface area contributed by atoms with Gasteiger partial charge in [-0.3, -0.25) is 4.79 Å². The van der Waals surface area contributed by atoms with Crippen LogP contribution in [-0.2, 0) is 11.2 Å². The van der Waals surface area contributed by atoms with E-state index in [0.29, 0.717) is 5.69 Å². The van der Waals surface area contributed by atoms with Crippen LogP contribution in [0.3, 0.4) is 0 Å². The molecule has 2 heterocycles. The number of anilines is 1. The number of hydrogen-bond donors (Lipinski definition) is 1. The minimum Gasteiger partial charge on any atom is -0.325 e. The Bertz CT molecular complexity index is 708. The molecular weight excluding hydrogens is 301 g/mol. The van der Waals surface area contributed by atoms with Gasteiger partial charge in [-0.1, -0.05) is 6.07 Å². The summed E-state index contributed by atoms with van der Waals surface area (Å²) in [6, 6.07) is 5.32. The van der Waals surface area contributed by atoms with E-state index < -0.39 is 12.6 Å². The average Bonchev–Trinajstić information content (AvgIpc) is 2.94. The van der Waals surface area contributed by atoms with Gasteiger partial charge in [0.25, 0.3) is 0 Å². The van der Waals surface area contributed by atoms with Crippen molar-refractivity contribution in [3.63, 3.8) is 0 Å². The van der Waals surface area contributed by atoms with E-state index in [1.54, 1.807) is 24.4 Å². The Morgan fingerprint density at radius 3 is 2.86 bits per heavy atom. The summed E-state index contributed by atoms with van der Waals surface area (Å²) in [5.41, 5.74) is 2.83. The summed E-state index contributed by atoms with van der Waals surface area (Å²) in [5.74, 6) is -0.327. The first-order valence-electron chi connectivity index (χ1n) is 6.30. The number of nitrogens with one attached hydrogen (secondary N) is 1. The minimum absolute atomic E-state index is 0.0419. The number of amides is 1. The lowest BCUT2D eigenvalue weighted by molar-refractivity contribution is -0.127. The number of thiazole rings is 1. The molecule has 3 nitrogen and oxygen atoms in total. The molecule has 110 valence electrons. The molecule has 0 fully saturated rings. The van der Waals surface area contributed by atoms with Gasteiger partial charge >= 0.3 is 6.18 Å². The van der Waals surface area contributed by atoms with E-state index in [-0.39, 0.29) is 16.8 Å². The van der Waals surface area contributed by atoms with Crippen LogP contribution >= 0.6 is 11.3 Å². The van der Waals surface area contributed by atoms with Crippen molar-refractivity contribution in [3.05, 3.63) is 34.2 Å². The number of rotatable bonds is 2. The van der Waals surface area contributed by atoms with Gasteiger partial charge in [-0.15, -0.1) is 11.3 Å². The lowest BCUT2D eigenvalue weighted by atomic mass is 10.00. The number of benzene rings is 1. The predicted molar refractivity (Wildman–Crippen MR) is 74.4 cm³/mol. The Morgan fingerprint density at radius 2 is 2.14 bits per heavy atom. The smallest absolute Gasteiger partial charge is 0.325 e. The molecular formula is C14H11F3N2OS. The maximum absolute atomic E-state index is 12.3. The molecule has 0 spiro atoms. The van der Waals surface area contributed by atoms with E-state index in [1.807, 2.05) is 6.07 Å². The fraction of sp³-hybridized carbons (Fsp3) is 0.286. The Labute approximate surface area is 122 Å². The molecule has 0 bridgehead atoms. The lowest BCUT2D eigenvalue weighted by Gasteiger charge is -2.04. The Balaban J connectivity index is 1.91. The van der Waals surface area contributed by atoms with E-state index in [2.05, 4.69) is 10.3 Å². The van der Waals surface area contributed by atoms with Gasteiger partial charge in [-0.05, 0) is 24.6 Å². The summed E-state index contributed by atoms with van der Waals surface area (Å²) < 4.78 is 37.0. The molecule has 1 atom stereocenters. The highest BCUT2D eigenvalue weighted by Crippen LogP contribution is 2.36. The van der Waals surface area contributed by atoms with E-state index in [0.717, 1.165) is 28.2 Å². The number of halogens is 3. The zero-order chi connectivity index (χ0) is 15.2. The third kappa shape index (κ3) is 2.78. The molecule has 0 saturated heterocycles. The quantitative estimate of drug-likeness (QED) is 0.911. The van der Waals surface area contributed by atoms with Gasteiger partial charge in [0.15, 0.2) is 0 Å². The van der Waals surface area contributed by atoms with Gasteiger partial charge in [0.05, 0.1) is 18.0 Å². The second-order valence-electron chi connectivity index (χ2n) is 4.93. The first-order valence-corrected chi connectivity index (χ1v) is 7.18. The first kappa shape index (κ1) is 14.1. The fourth-order valence-electron chi connectivity index (χ4n) is 2.27. The lowest BCUT2D eigenvalue weighted by Crippen LogP contribution is -2.11. The Morgan fingerprint density at radius 1 is 1.38 bits per heavy atom. The van der Waals surface area contributed by atoms with Gasteiger partial charge in [0.2, 0.25) is 5.91 Å². The molecule has 3 rings (SSSR count). The molecule has 0 saturated carbocycles. The molecule has 7 heteroatoms. The van der Waals surface area contributed by atoms with E-state index >= 15 is 0 Å². The van der Waals surface area contributed by atoms with Crippen LogP contribution < -0.4 is 5.32 Å². The van der Waals surface area contributed by atoms with Crippen molar-refractivity contribution in [2.75, 3.05) is 5.32 Å². The Kier molecular flexibility index (Phi) is 3.24. The number of fused-ring (bicyclic) bond motifs is 1. The Hall–Kier alpha value is -1.89. The first-order chi connectivity index (χ1) is 9.83. The van der Waals surface area contributed by atoms with Crippen molar-refractivity contribution in [3.8, 4) is 11.3 Å². The van der Waals surface area contributed by atoms with Crippen molar-refractivity contribution < 1.29 is 18.0 Å². The summed E-state index contributed by atoms with van der Waals surface area (Å²) in [6.45, 7) is 1.79. The highest BCUT2D eigenvalue weighted by molar-refractivity contribution is 7.09. The largest absolute Gasteiger partial charge is 0.395 e. The van der Waals surface area contributed by atoms with Crippen molar-refractivity contribution in [1.82, 2.24) is 4.98 Å². The van der Waals surface area contributed by atoms with Gasteiger partial charge in [0, 0.05) is 16.6 Å². The van der Waals surface area contributed by atoms with Crippen LogP contribution in [0.25, 0.3) is 11.3 Å². The number of nitrogens with zero attached hydrogens (tertiary/aromatic N) is 1. The molecule has 1 aliphatic heterocycles. The second kappa shape index (κ2) is 4.84. The number of hydrogen-bond acceptors (Lipinski definition) is 3. The van der Waals surface area contributed by atoms with Crippen molar-refractivity contribution in [1.29, 1.82) is 0 Å². The molecule has 0 radical (unpaired) electrons. The second-order valence-corrected chi connectivity index (χ2v) is 5.87. The van der Waals surface area contributed by atoms with Crippen molar-refractivity contribution in [2.24, 2.45) is 0 Å². The molecule has 1 N–H and O–H groups in total. The fourth-order valence-corrected chi connectivity index (χ4v) is 3.11. The third-order valence-corrected chi connectivity index (χ3v) is 4.22. The highest BCUT2D eigenvalue weighted by atomic mass is 32.1. The highest BCUT2D eigenvalue weighted by Gasteiger charge is 2.30. The number of alkyl halides is 3. The summed E-state index contributed by atoms with van der Waals surface area (Å²) in [6.07, 6.45) is -5.27. The average molecular weight is 312 g/mol. The zero-order valence-electron chi connectivity index (χ0n) is 11.0. The van der Waals surface area contributed by atoms with Crippen LogP contribution in [0.2, 0.25) is 0 Å². The standard InChI is InChI=1S/C14H11F3N2OS/c1-7-9-4-8(2-3-10(9)19-13(7)20)11-6-21-12(18-11)5-14(15,16)17/h2-4,6-7H,5H2,1H3,(H,19,20). The van der Waals surface area contributed by atoms with E-state index in [1.165, 1.54) is 0 Å². The maximum Gasteiger partial charge on any atom is 0.395 e. The van der Waals surface area contributed by atoms with Gasteiger partial charge in [-0.2, -0.15) is 13.2 Å². The molecule has 0 aliphatic carbocycles. The van der Waals surface area contributed by atoms with Crippen LogP contribution in [0.5, 0.6) is 0 Å². The molecule has 1 amide bonds. The van der Waals surface area contributed by atoms with Crippen molar-refractivity contribution >= 4 is 22.9 Å². The minimum atomic E-state index is -4.25. The number of carbonyl (C=O) groups is 1. The monoisotopic (exact) mass is 312 g/mol. The van der Waals surface area contributed by atoms with E-state index in [4.69, 9.17) is 0 Å². The molecule has 1 aliphatic rings. The molecule has 21 heavy (non-hydrogen) atoms. The van der Waals surface area contributed by atoms with Crippen LogP contribution in [-0.4, -0.2) is 17.1 Å². The normalized spacial score (nSPS) is 17.7. The summed E-state index contributed by atoms with van der Waals surface area (Å²) in [4.78, 5) is 15.6. The van der Waals surface area contributed by atoms with E-state index in [9.17, 15) is 18.0 Å². The predicted octanol–water partition coefficient (Wildman–Crippen LogP) is 3.97. The summed E-state index contributed by atoms with van der Waals surface area (Å²) in [7, 11) is 0. The number of aromatic nitrogens is 1. The van der Waals surface area contributed by atoms with Crippen molar-refractivity contribution in [2.45, 2.75) is 25.4 Å². The molecule has 2 aromatic rings. The third-order valence-electron chi connectivity index (χ3n) is 3.37. The maximum atomic E-state index is 12.3. The van der Waals surface area contributed by atoms with Gasteiger partial charge in [0.1, 0.15) is 5.01 Å². The van der Waals surface area contributed by atoms with Crippen LogP contribution in [0.15, 0.2) is 23.6 Å². The summed E-state index contributed by atoms with van der Waals surface area (Å²) >= 11 is 0.992. The van der Waals surface area contributed by atoms with Gasteiger partial charge < -0.3 is 5.32 Å². The summed E-state index contributed by atoms with van der Waals surface area (Å²) in [5, 5.41) is 4.41. The zero-order valence-corrected chi connectivity index (χ0v) is 11.8. The molecule has 1 unspecified atom stereocenters. The van der Waals surface area contributed by atoms with Gasteiger partial charge in [-0.25, -0.2) is 4.98 Å². The number of carbonyl (C=O) groups excluding carboxylic acids is 1. The molecule has 1 aromatic carbocycles. The van der Waals surface area contributed by atoms with Crippen LogP contribution in [0.4, 0.5) is 18.9 Å². The topological polar surface area (TPSA) is 42.0 Å². The van der Waals surface area contributed by atoms with Crippen LogP contribution in [0, 0.1) is 0 Å². The van der Waals surface area contributed by atoms with Crippen LogP contribution in [0.1, 0.15) is 23.4 Å².